The zero-order valence-corrected chi connectivity index (χ0v) is 18.5. The molecule has 0 aliphatic rings. The van der Waals surface area contributed by atoms with Crippen LogP contribution in [-0.2, 0) is 6.54 Å². The molecule has 0 fully saturated rings. The Kier molecular flexibility index (Phi) is 5.76. The smallest absolute Gasteiger partial charge is 0.149 e. The van der Waals surface area contributed by atoms with Gasteiger partial charge in [0.15, 0.2) is 0 Å². The second-order valence-corrected chi connectivity index (χ2v) is 7.66. The molecule has 3 aromatic heterocycles. The predicted molar refractivity (Wildman–Crippen MR) is 134 cm³/mol. The summed E-state index contributed by atoms with van der Waals surface area (Å²) in [6.07, 6.45) is 4.97. The maximum atomic E-state index is 9.42. The molecule has 0 saturated heterocycles. The van der Waals surface area contributed by atoms with Gasteiger partial charge in [0.05, 0.1) is 34.1 Å². The summed E-state index contributed by atoms with van der Waals surface area (Å²) >= 11 is 0. The number of pyridine rings is 2. The molecule has 3 heterocycles. The monoisotopic (exact) mass is 457 g/mol. The van der Waals surface area contributed by atoms with Crippen molar-refractivity contribution in [1.82, 2.24) is 19.9 Å². The van der Waals surface area contributed by atoms with Crippen LogP contribution in [0.15, 0.2) is 89.5 Å². The largest absolute Gasteiger partial charge is 0.394 e. The van der Waals surface area contributed by atoms with Crippen molar-refractivity contribution in [2.75, 3.05) is 11.5 Å². The summed E-state index contributed by atoms with van der Waals surface area (Å²) in [4.78, 5) is 17.6. The zero-order valence-electron chi connectivity index (χ0n) is 18.5. The van der Waals surface area contributed by atoms with E-state index in [0.29, 0.717) is 33.6 Å². The molecule has 5 aromatic rings. The molecule has 9 heteroatoms. The van der Waals surface area contributed by atoms with Crippen molar-refractivity contribution in [2.24, 2.45) is 10.2 Å². The number of fused-ring (bicyclic) bond motifs is 1. The molecule has 168 valence electrons. The average molecular weight is 458 g/mol. The van der Waals surface area contributed by atoms with Crippen LogP contribution in [0.1, 0.15) is 11.3 Å². The first-order valence-electron chi connectivity index (χ1n) is 10.7. The quantitative estimate of drug-likeness (QED) is 0.349. The van der Waals surface area contributed by atoms with Gasteiger partial charge in [0, 0.05) is 29.7 Å². The minimum absolute atomic E-state index is 0.124. The maximum absolute atomic E-state index is 9.42. The zero-order chi connectivity index (χ0) is 24.2. The molecule has 0 aliphatic carbocycles. The van der Waals surface area contributed by atoms with Crippen molar-refractivity contribution in [1.29, 1.82) is 5.26 Å². The highest BCUT2D eigenvalue weighted by molar-refractivity contribution is 5.98. The van der Waals surface area contributed by atoms with Crippen LogP contribution < -0.4 is 11.5 Å². The molecular weight excluding hydrogens is 438 g/mol. The van der Waals surface area contributed by atoms with E-state index < -0.39 is 0 Å². The number of hydrogen-bond acceptors (Lipinski definition) is 9. The van der Waals surface area contributed by atoms with Crippen molar-refractivity contribution in [3.05, 3.63) is 90.5 Å². The van der Waals surface area contributed by atoms with E-state index in [-0.39, 0.29) is 18.1 Å². The summed E-state index contributed by atoms with van der Waals surface area (Å²) in [7, 11) is 0. The molecule has 2 aromatic carbocycles. The van der Waals surface area contributed by atoms with E-state index in [4.69, 9.17) is 11.5 Å². The van der Waals surface area contributed by atoms with Gasteiger partial charge in [0.1, 0.15) is 23.7 Å². The summed E-state index contributed by atoms with van der Waals surface area (Å²) in [6, 6.07) is 20.5. The van der Waals surface area contributed by atoms with Crippen LogP contribution in [0, 0.1) is 11.3 Å². The average Bonchev–Trinajstić information content (AvgIpc) is 2.91. The van der Waals surface area contributed by atoms with Crippen LogP contribution in [0.5, 0.6) is 0 Å². The van der Waals surface area contributed by atoms with Crippen LogP contribution >= 0.6 is 0 Å². The lowest BCUT2D eigenvalue weighted by Gasteiger charge is -2.16. The molecule has 9 nitrogen and oxygen atoms in total. The van der Waals surface area contributed by atoms with E-state index >= 15 is 0 Å². The Labute approximate surface area is 200 Å². The van der Waals surface area contributed by atoms with E-state index in [9.17, 15) is 5.26 Å². The lowest BCUT2D eigenvalue weighted by atomic mass is 9.95. The first-order chi connectivity index (χ1) is 17.1. The topological polar surface area (TPSA) is 152 Å². The third kappa shape index (κ3) is 4.36. The number of rotatable bonds is 5. The van der Waals surface area contributed by atoms with Gasteiger partial charge < -0.3 is 11.5 Å². The van der Waals surface area contributed by atoms with Gasteiger partial charge in [-0.2, -0.15) is 15.5 Å². The molecule has 4 N–H and O–H groups in total. The molecule has 0 atom stereocenters. The fourth-order valence-corrected chi connectivity index (χ4v) is 3.72. The number of anilines is 2. The van der Waals surface area contributed by atoms with Crippen molar-refractivity contribution < 1.29 is 0 Å². The van der Waals surface area contributed by atoms with Crippen molar-refractivity contribution in [3.63, 3.8) is 0 Å². The minimum atomic E-state index is 0.124. The predicted octanol–water partition coefficient (Wildman–Crippen LogP) is 5.07. The highest BCUT2D eigenvalue weighted by atomic mass is 15.1. The Morgan fingerprint density at radius 3 is 2.49 bits per heavy atom. The summed E-state index contributed by atoms with van der Waals surface area (Å²) in [5.41, 5.74) is 18.5. The molecular formula is C26H19N9. The van der Waals surface area contributed by atoms with Gasteiger partial charge in [0.2, 0.25) is 0 Å². The number of nitriles is 1. The number of azo groups is 1. The Hall–Kier alpha value is -5.23. The second-order valence-electron chi connectivity index (χ2n) is 7.66. The second kappa shape index (κ2) is 9.33. The van der Waals surface area contributed by atoms with Crippen molar-refractivity contribution >= 4 is 28.2 Å². The molecule has 0 radical (unpaired) electrons. The third-order valence-electron chi connectivity index (χ3n) is 5.39. The summed E-state index contributed by atoms with van der Waals surface area (Å²) in [5, 5.41) is 18.3. The van der Waals surface area contributed by atoms with Crippen LogP contribution in [0.3, 0.4) is 0 Å². The van der Waals surface area contributed by atoms with E-state index in [1.165, 1.54) is 0 Å². The van der Waals surface area contributed by atoms with E-state index in [2.05, 4.69) is 36.2 Å². The van der Waals surface area contributed by atoms with Crippen LogP contribution in [0.25, 0.3) is 33.4 Å². The lowest BCUT2D eigenvalue weighted by molar-refractivity contribution is 0.915. The molecule has 0 aliphatic heterocycles. The SMILES string of the molecule is N#Cc1cccc(-c2nc(N)c(N)c(N=NCc3ccccn3)c2-c2ccc3nccnc3c2)c1. The maximum Gasteiger partial charge on any atom is 0.149 e. The van der Waals surface area contributed by atoms with Crippen molar-refractivity contribution in [2.45, 2.75) is 6.54 Å². The highest BCUT2D eigenvalue weighted by Gasteiger charge is 2.21. The number of nitrogens with zero attached hydrogens (tertiary/aromatic N) is 7. The van der Waals surface area contributed by atoms with E-state index in [1.807, 2.05) is 42.5 Å². The molecule has 0 unspecified atom stereocenters. The Balaban J connectivity index is 1.74. The first-order valence-corrected chi connectivity index (χ1v) is 10.7. The van der Waals surface area contributed by atoms with Crippen molar-refractivity contribution in [3.8, 4) is 28.5 Å². The molecule has 35 heavy (non-hydrogen) atoms. The van der Waals surface area contributed by atoms with Gasteiger partial charge in [-0.05, 0) is 42.0 Å². The number of nitrogen functional groups attached to an aromatic ring is 2. The van der Waals surface area contributed by atoms with Crippen LogP contribution in [0.2, 0.25) is 0 Å². The standard InChI is InChI=1S/C26H19N9/c27-14-16-4-3-5-18(12-16)24-22(17-7-8-20-21(13-17)32-11-10-31-20)25(23(28)26(29)34-24)35-33-15-19-6-1-2-9-30-19/h1-13H,15,28H2,(H2,29,34). The molecule has 0 saturated carbocycles. The minimum Gasteiger partial charge on any atom is -0.394 e. The molecule has 0 bridgehead atoms. The van der Waals surface area contributed by atoms with E-state index in [1.54, 1.807) is 36.8 Å². The van der Waals surface area contributed by atoms with Gasteiger partial charge in [-0.1, -0.05) is 24.3 Å². The molecule has 0 spiro atoms. The van der Waals surface area contributed by atoms with Gasteiger partial charge in [-0.25, -0.2) is 4.98 Å². The van der Waals surface area contributed by atoms with Gasteiger partial charge in [0.25, 0.3) is 0 Å². The Morgan fingerprint density at radius 2 is 1.69 bits per heavy atom. The third-order valence-corrected chi connectivity index (χ3v) is 5.39. The first kappa shape index (κ1) is 21.6. The number of aromatic nitrogens is 4. The normalized spacial score (nSPS) is 11.1. The number of benzene rings is 2. The fraction of sp³-hybridized carbons (Fsp3) is 0.0385. The highest BCUT2D eigenvalue weighted by Crippen LogP contribution is 2.44. The van der Waals surface area contributed by atoms with Gasteiger partial charge >= 0.3 is 0 Å². The van der Waals surface area contributed by atoms with Crippen LogP contribution in [0.4, 0.5) is 17.2 Å². The Morgan fingerprint density at radius 1 is 0.829 bits per heavy atom. The molecule has 5 rings (SSSR count). The van der Waals surface area contributed by atoms with E-state index in [0.717, 1.165) is 16.8 Å². The fourth-order valence-electron chi connectivity index (χ4n) is 3.72. The number of nitrogens with two attached hydrogens (primary N) is 2. The van der Waals surface area contributed by atoms with Gasteiger partial charge in [-0.3, -0.25) is 15.0 Å². The summed E-state index contributed by atoms with van der Waals surface area (Å²) in [5.74, 6) is 0.124. The Bertz CT molecular complexity index is 1610. The summed E-state index contributed by atoms with van der Waals surface area (Å²) < 4.78 is 0. The molecule has 0 amide bonds. The number of hydrogen-bond donors (Lipinski definition) is 2. The summed E-state index contributed by atoms with van der Waals surface area (Å²) in [6.45, 7) is 0.268. The van der Waals surface area contributed by atoms with Gasteiger partial charge in [-0.15, -0.1) is 0 Å². The lowest BCUT2D eigenvalue weighted by Crippen LogP contribution is -2.03. The van der Waals surface area contributed by atoms with Crippen LogP contribution in [-0.4, -0.2) is 19.9 Å².